The van der Waals surface area contributed by atoms with Crippen LogP contribution in [0.25, 0.3) is 0 Å². The van der Waals surface area contributed by atoms with Crippen molar-refractivity contribution < 1.29 is 70.4 Å². The van der Waals surface area contributed by atoms with Crippen LogP contribution in [-0.2, 0) is 50.9 Å². The minimum atomic E-state index is -4.13. The van der Waals surface area contributed by atoms with Crippen molar-refractivity contribution in [1.29, 1.82) is 10.3 Å². The molecule has 64 heavy (non-hydrogen) atoms. The van der Waals surface area contributed by atoms with Gasteiger partial charge in [-0.2, -0.15) is 37.8 Å². The molecule has 28 heteroatoms. The zero-order valence-electron chi connectivity index (χ0n) is 37.0. The van der Waals surface area contributed by atoms with Crippen molar-refractivity contribution in [1.82, 2.24) is 26.2 Å². The second kappa shape index (κ2) is 42.7. The smallest absolute Gasteiger partial charge is 0.447 e. The molecule has 0 saturated heterocycles. The van der Waals surface area contributed by atoms with Crippen molar-refractivity contribution in [3.63, 3.8) is 0 Å². The summed E-state index contributed by atoms with van der Waals surface area (Å²) in [5.74, 6) is 1.98. The quantitative estimate of drug-likeness (QED) is 0.0238. The molecule has 9 N–H and O–H groups in total. The molecule has 0 aromatic rings. The predicted octanol–water partition coefficient (Wildman–Crippen LogP) is 6.32. The molecular weight excluding hydrogens is 958 g/mol. The SMILES string of the molecule is COCCOC(=O)N(CCNC(=O)CCCCCNC(=O)CSCCCCCCOP(=O)(O)OP=N)CCNC(=O)CCCCCNC(=O)CSCCCCCCO[P+](O)(O)OP=N. The molecule has 1 unspecified atom stereocenters. The topological polar surface area (TPSA) is 318 Å². The van der Waals surface area contributed by atoms with Gasteiger partial charge in [0, 0.05) is 59.2 Å². The van der Waals surface area contributed by atoms with E-state index in [2.05, 4.69) is 29.9 Å². The van der Waals surface area contributed by atoms with E-state index in [9.17, 15) is 43.2 Å². The van der Waals surface area contributed by atoms with Gasteiger partial charge in [0.05, 0.1) is 24.7 Å². The van der Waals surface area contributed by atoms with Crippen LogP contribution in [0.1, 0.15) is 103 Å². The molecule has 22 nitrogen and oxygen atoms in total. The van der Waals surface area contributed by atoms with Crippen molar-refractivity contribution in [3.05, 3.63) is 0 Å². The number of rotatable bonds is 45. The Hall–Kier alpha value is -1.61. The highest BCUT2D eigenvalue weighted by molar-refractivity contribution is 8.00. The largest absolute Gasteiger partial charge is 0.580 e. The summed E-state index contributed by atoms with van der Waals surface area (Å²) in [5, 5.41) is 25.0. The van der Waals surface area contributed by atoms with Gasteiger partial charge in [-0.3, -0.25) is 34.0 Å². The third kappa shape index (κ3) is 41.8. The summed E-state index contributed by atoms with van der Waals surface area (Å²) in [6.07, 6.45) is 10.8. The van der Waals surface area contributed by atoms with Gasteiger partial charge in [-0.1, -0.05) is 42.8 Å². The standard InChI is InChI=1S/C36H71N7O15P4S2/c1-53-26-27-54-36(48)43(22-20-41-32(44)16-8-6-10-18-39-34(46)30-63-28-14-4-2-12-24-55-61(49,50)57-59-37)23-21-42-33(45)17-9-7-11-19-40-35(47)31-64-29-15-5-3-13-25-56-62(51,52)58-60-38/h37-38,49-50H,2-31H2,1H3,(H4-,39,40,41,42,44,45,46,47,51,52)/p+1. The molecule has 0 spiro atoms. The van der Waals surface area contributed by atoms with Crippen LogP contribution in [0.15, 0.2) is 0 Å². The minimum Gasteiger partial charge on any atom is -0.447 e. The van der Waals surface area contributed by atoms with E-state index < -0.39 is 30.7 Å². The maximum atomic E-state index is 12.7. The molecule has 5 amide bonds. The Kier molecular flexibility index (Phi) is 41.6. The number of nitrogens with one attached hydrogen (secondary N) is 6. The molecular formula is C36H72N7O15P4S2+. The maximum Gasteiger partial charge on any atom is 0.580 e. The first-order chi connectivity index (χ1) is 30.7. The Morgan fingerprint density at radius 1 is 0.625 bits per heavy atom. The Balaban J connectivity index is 4.02. The van der Waals surface area contributed by atoms with E-state index in [0.29, 0.717) is 63.1 Å². The van der Waals surface area contributed by atoms with E-state index in [1.807, 2.05) is 0 Å². The number of carbonyl (C=O) groups excluding carboxylic acids is 5. The molecule has 372 valence electrons. The molecule has 0 saturated carbocycles. The lowest BCUT2D eigenvalue weighted by molar-refractivity contribution is -0.121. The van der Waals surface area contributed by atoms with E-state index in [1.54, 1.807) is 11.8 Å². The van der Waals surface area contributed by atoms with Gasteiger partial charge in [-0.25, -0.2) is 13.7 Å². The molecule has 0 heterocycles. The first-order valence-corrected chi connectivity index (χ1v) is 28.4. The van der Waals surface area contributed by atoms with Gasteiger partial charge in [-0.05, 0) is 62.9 Å². The second-order valence-corrected chi connectivity index (χ2v) is 20.3. The predicted molar refractivity (Wildman–Crippen MR) is 250 cm³/mol. The lowest BCUT2D eigenvalue weighted by atomic mass is 10.2. The minimum absolute atomic E-state index is 0.0384. The lowest BCUT2D eigenvalue weighted by Crippen LogP contribution is -2.43. The highest BCUT2D eigenvalue weighted by Gasteiger charge is 2.39. The summed E-state index contributed by atoms with van der Waals surface area (Å²) in [4.78, 5) is 91.1. The summed E-state index contributed by atoms with van der Waals surface area (Å²) < 4.78 is 39.8. The maximum absolute atomic E-state index is 12.7. The number of unbranched alkanes of at least 4 members (excludes halogenated alkanes) is 10. The number of phosphoric ester groups is 1. The van der Waals surface area contributed by atoms with E-state index in [0.717, 1.165) is 75.7 Å². The summed E-state index contributed by atoms with van der Waals surface area (Å²) in [7, 11) is -7.27. The molecule has 0 radical (unpaired) electrons. The molecule has 0 aliphatic carbocycles. The number of ether oxygens (including phenoxy) is 2. The van der Waals surface area contributed by atoms with Crippen LogP contribution in [-0.4, -0.2) is 145 Å². The number of hydrogen-bond donors (Lipinski definition) is 9. The fourth-order valence-electron chi connectivity index (χ4n) is 5.33. The lowest BCUT2D eigenvalue weighted by Gasteiger charge is -2.22. The molecule has 0 bridgehead atoms. The van der Waals surface area contributed by atoms with E-state index in [4.69, 9.17) is 28.8 Å². The Bertz CT molecular complexity index is 1360. The highest BCUT2D eigenvalue weighted by Crippen LogP contribution is 2.55. The van der Waals surface area contributed by atoms with Crippen molar-refractivity contribution >= 4 is 86.4 Å². The van der Waals surface area contributed by atoms with Crippen molar-refractivity contribution in [2.45, 2.75) is 103 Å². The normalized spacial score (nSPS) is 12.4. The van der Waals surface area contributed by atoms with Crippen LogP contribution in [0.5, 0.6) is 0 Å². The van der Waals surface area contributed by atoms with Crippen molar-refractivity contribution in [3.8, 4) is 0 Å². The molecule has 0 fully saturated rings. The summed E-state index contributed by atoms with van der Waals surface area (Å²) in [6, 6.07) is 0. The average molecular weight is 1030 g/mol. The fourth-order valence-corrected chi connectivity index (χ4v) is 8.95. The molecule has 0 aliphatic rings. The summed E-state index contributed by atoms with van der Waals surface area (Å²) >= 11 is 3.09. The van der Waals surface area contributed by atoms with Gasteiger partial charge in [0.1, 0.15) is 13.2 Å². The van der Waals surface area contributed by atoms with Crippen LogP contribution >= 0.6 is 56.7 Å². The van der Waals surface area contributed by atoms with Crippen LogP contribution in [0.2, 0.25) is 0 Å². The number of methoxy groups -OCH3 is 1. The van der Waals surface area contributed by atoms with Gasteiger partial charge in [0.2, 0.25) is 32.2 Å². The van der Waals surface area contributed by atoms with Crippen LogP contribution in [0.4, 0.5) is 4.79 Å². The van der Waals surface area contributed by atoms with Crippen molar-refractivity contribution in [2.75, 3.05) is 95.8 Å². The second-order valence-electron chi connectivity index (χ2n) is 14.0. The number of hydrogen-bond acceptors (Lipinski definition) is 18. The number of amides is 5. The van der Waals surface area contributed by atoms with Gasteiger partial charge < -0.3 is 40.5 Å². The van der Waals surface area contributed by atoms with Crippen LogP contribution in [0.3, 0.4) is 0 Å². The molecule has 0 aromatic heterocycles. The molecule has 0 aliphatic heterocycles. The Morgan fingerprint density at radius 2 is 1.11 bits per heavy atom. The number of carbonyl (C=O) groups is 5. The first kappa shape index (κ1) is 62.4. The molecule has 0 aromatic carbocycles. The third-order valence-corrected chi connectivity index (χ3v) is 14.1. The number of phosphoric acid groups is 1. The molecule has 0 rings (SSSR count). The molecule has 1 atom stereocenters. The van der Waals surface area contributed by atoms with Gasteiger partial charge in [0.25, 0.3) is 0 Å². The zero-order chi connectivity index (χ0) is 47.6. The number of nitrogens with zero attached hydrogens (tertiary/aromatic N) is 1. The van der Waals surface area contributed by atoms with Gasteiger partial charge in [-0.15, -0.1) is 0 Å². The van der Waals surface area contributed by atoms with E-state index in [1.165, 1.54) is 23.8 Å². The van der Waals surface area contributed by atoms with E-state index >= 15 is 0 Å². The first-order valence-electron chi connectivity index (χ1n) is 21.5. The Morgan fingerprint density at radius 3 is 1.61 bits per heavy atom. The van der Waals surface area contributed by atoms with Crippen LogP contribution in [0, 0.1) is 10.3 Å². The van der Waals surface area contributed by atoms with Gasteiger partial charge >= 0.3 is 22.1 Å². The highest BCUT2D eigenvalue weighted by atomic mass is 32.2. The van der Waals surface area contributed by atoms with Crippen molar-refractivity contribution in [2.24, 2.45) is 0 Å². The van der Waals surface area contributed by atoms with Gasteiger partial charge in [0.15, 0.2) is 8.60 Å². The fraction of sp³-hybridized carbons (Fsp3) is 0.861. The summed E-state index contributed by atoms with van der Waals surface area (Å²) in [6.45, 7) is 2.37. The zero-order valence-corrected chi connectivity index (χ0v) is 42.2. The summed E-state index contributed by atoms with van der Waals surface area (Å²) in [5.41, 5.74) is 0. The third-order valence-electron chi connectivity index (χ3n) is 8.62. The number of thioether (sulfide) groups is 2. The van der Waals surface area contributed by atoms with Crippen LogP contribution < -0.4 is 21.3 Å². The monoisotopic (exact) mass is 1030 g/mol. The van der Waals surface area contributed by atoms with E-state index in [-0.39, 0.29) is 84.8 Å². The average Bonchev–Trinajstić information content (AvgIpc) is 3.24. The Labute approximate surface area is 390 Å².